The Morgan fingerprint density at radius 1 is 1.11 bits per heavy atom. The molecule has 146 valence electrons. The Balaban J connectivity index is 1.59. The van der Waals surface area contributed by atoms with Gasteiger partial charge in [0.2, 0.25) is 0 Å². The number of carbonyl (C=O) groups is 1. The van der Waals surface area contributed by atoms with Gasteiger partial charge in [-0.25, -0.2) is 0 Å². The summed E-state index contributed by atoms with van der Waals surface area (Å²) < 4.78 is 5.53. The predicted molar refractivity (Wildman–Crippen MR) is 113 cm³/mol. The molecule has 2 N–H and O–H groups in total. The summed E-state index contributed by atoms with van der Waals surface area (Å²) in [5, 5.41) is 6.80. The molecule has 1 aromatic heterocycles. The van der Waals surface area contributed by atoms with E-state index >= 15 is 0 Å². The fraction of sp³-hybridized carbons (Fsp3) is 0.227. The van der Waals surface area contributed by atoms with Crippen LogP contribution < -0.4 is 10.6 Å². The number of anilines is 1. The van der Waals surface area contributed by atoms with Crippen molar-refractivity contribution in [3.05, 3.63) is 88.8 Å². The summed E-state index contributed by atoms with van der Waals surface area (Å²) >= 11 is 6.10. The molecule has 0 bridgehead atoms. The zero-order chi connectivity index (χ0) is 19.9. The SMILES string of the molecule is CN(C)C(CNCc1cccc(NC(=O)c2ccccc2Cl)c1)c1ccco1. The van der Waals surface area contributed by atoms with Crippen LogP contribution in [0.1, 0.15) is 27.7 Å². The monoisotopic (exact) mass is 397 g/mol. The number of halogens is 1. The van der Waals surface area contributed by atoms with Gasteiger partial charge in [0.1, 0.15) is 5.76 Å². The molecule has 0 saturated carbocycles. The van der Waals surface area contributed by atoms with Crippen molar-refractivity contribution in [1.29, 1.82) is 0 Å². The third-order valence-electron chi connectivity index (χ3n) is 4.47. The van der Waals surface area contributed by atoms with E-state index in [-0.39, 0.29) is 11.9 Å². The molecule has 0 aliphatic rings. The van der Waals surface area contributed by atoms with E-state index in [4.69, 9.17) is 16.0 Å². The Hall–Kier alpha value is -2.60. The molecule has 1 unspecified atom stereocenters. The number of likely N-dealkylation sites (N-methyl/N-ethyl adjacent to an activating group) is 1. The van der Waals surface area contributed by atoms with Crippen LogP contribution in [0.4, 0.5) is 5.69 Å². The van der Waals surface area contributed by atoms with Crippen molar-refractivity contribution in [3.8, 4) is 0 Å². The van der Waals surface area contributed by atoms with Crippen LogP contribution in [0.15, 0.2) is 71.3 Å². The second kappa shape index (κ2) is 9.55. The van der Waals surface area contributed by atoms with Gasteiger partial charge in [0, 0.05) is 18.8 Å². The fourth-order valence-electron chi connectivity index (χ4n) is 2.97. The van der Waals surface area contributed by atoms with Crippen LogP contribution in [0.2, 0.25) is 5.02 Å². The van der Waals surface area contributed by atoms with Crippen molar-refractivity contribution in [2.45, 2.75) is 12.6 Å². The van der Waals surface area contributed by atoms with Crippen LogP contribution in [0.3, 0.4) is 0 Å². The number of nitrogens with zero attached hydrogens (tertiary/aromatic N) is 1. The molecule has 0 fully saturated rings. The summed E-state index contributed by atoms with van der Waals surface area (Å²) in [6, 6.07) is 18.8. The maximum atomic E-state index is 12.4. The Morgan fingerprint density at radius 2 is 1.93 bits per heavy atom. The van der Waals surface area contributed by atoms with E-state index in [2.05, 4.69) is 15.5 Å². The van der Waals surface area contributed by atoms with E-state index in [0.29, 0.717) is 17.1 Å². The topological polar surface area (TPSA) is 57.5 Å². The predicted octanol–water partition coefficient (Wildman–Crippen LogP) is 4.58. The molecule has 3 rings (SSSR count). The van der Waals surface area contributed by atoms with Gasteiger partial charge in [0.05, 0.1) is 22.9 Å². The lowest BCUT2D eigenvalue weighted by molar-refractivity contribution is 0.102. The zero-order valence-corrected chi connectivity index (χ0v) is 16.7. The molecule has 5 nitrogen and oxygen atoms in total. The quantitative estimate of drug-likeness (QED) is 0.584. The number of nitrogens with one attached hydrogen (secondary N) is 2. The maximum Gasteiger partial charge on any atom is 0.257 e. The fourth-order valence-corrected chi connectivity index (χ4v) is 3.20. The number of benzene rings is 2. The summed E-state index contributed by atoms with van der Waals surface area (Å²) in [6.07, 6.45) is 1.69. The summed E-state index contributed by atoms with van der Waals surface area (Å²) in [5.41, 5.74) is 2.27. The molecular weight excluding hydrogens is 374 g/mol. The molecular formula is C22H24ClN3O2. The van der Waals surface area contributed by atoms with Crippen molar-refractivity contribution in [2.75, 3.05) is 26.0 Å². The molecule has 1 heterocycles. The van der Waals surface area contributed by atoms with Gasteiger partial charge in [-0.05, 0) is 56.1 Å². The molecule has 0 aliphatic carbocycles. The summed E-state index contributed by atoms with van der Waals surface area (Å²) in [7, 11) is 4.06. The van der Waals surface area contributed by atoms with Gasteiger partial charge in [-0.1, -0.05) is 35.9 Å². The highest BCUT2D eigenvalue weighted by Gasteiger charge is 2.16. The van der Waals surface area contributed by atoms with Gasteiger partial charge >= 0.3 is 0 Å². The first kappa shape index (κ1) is 20.1. The van der Waals surface area contributed by atoms with Gasteiger partial charge in [0.25, 0.3) is 5.91 Å². The Bertz CT molecular complexity index is 910. The summed E-state index contributed by atoms with van der Waals surface area (Å²) in [4.78, 5) is 14.5. The highest BCUT2D eigenvalue weighted by Crippen LogP contribution is 2.19. The first-order valence-electron chi connectivity index (χ1n) is 9.10. The first-order valence-corrected chi connectivity index (χ1v) is 9.48. The normalized spacial score (nSPS) is 12.1. The number of furan rings is 1. The number of rotatable bonds is 8. The Labute approximate surface area is 170 Å². The van der Waals surface area contributed by atoms with E-state index in [1.54, 1.807) is 30.5 Å². The average molecular weight is 398 g/mol. The standard InChI is InChI=1S/C22H24ClN3O2/c1-26(2)20(21-11-6-12-28-21)15-24-14-16-7-5-8-17(13-16)25-22(27)18-9-3-4-10-19(18)23/h3-13,20,24H,14-15H2,1-2H3,(H,25,27). The Morgan fingerprint density at radius 3 is 2.64 bits per heavy atom. The van der Waals surface area contributed by atoms with Crippen molar-refractivity contribution in [2.24, 2.45) is 0 Å². The molecule has 0 radical (unpaired) electrons. The molecule has 2 aromatic carbocycles. The van der Waals surface area contributed by atoms with Crippen molar-refractivity contribution < 1.29 is 9.21 Å². The van der Waals surface area contributed by atoms with Crippen molar-refractivity contribution in [1.82, 2.24) is 10.2 Å². The van der Waals surface area contributed by atoms with Crippen LogP contribution in [-0.4, -0.2) is 31.4 Å². The lowest BCUT2D eigenvalue weighted by atomic mass is 10.1. The molecule has 3 aromatic rings. The second-order valence-corrected chi connectivity index (χ2v) is 7.17. The van der Waals surface area contributed by atoms with Gasteiger partial charge in [0.15, 0.2) is 0 Å². The molecule has 6 heteroatoms. The van der Waals surface area contributed by atoms with Crippen molar-refractivity contribution in [3.63, 3.8) is 0 Å². The van der Waals surface area contributed by atoms with E-state index in [1.807, 2.05) is 50.5 Å². The highest BCUT2D eigenvalue weighted by molar-refractivity contribution is 6.34. The third kappa shape index (κ3) is 5.23. The minimum atomic E-state index is -0.221. The number of hydrogen-bond donors (Lipinski definition) is 2. The second-order valence-electron chi connectivity index (χ2n) is 6.76. The van der Waals surface area contributed by atoms with E-state index in [0.717, 1.165) is 23.6 Å². The molecule has 0 saturated heterocycles. The van der Waals surface area contributed by atoms with Crippen molar-refractivity contribution >= 4 is 23.2 Å². The largest absolute Gasteiger partial charge is 0.468 e. The van der Waals surface area contributed by atoms with Crippen LogP contribution in [0, 0.1) is 0 Å². The number of carbonyl (C=O) groups excluding carboxylic acids is 1. The van der Waals surface area contributed by atoms with Gasteiger partial charge in [-0.2, -0.15) is 0 Å². The zero-order valence-electron chi connectivity index (χ0n) is 16.0. The minimum Gasteiger partial charge on any atom is -0.468 e. The number of hydrogen-bond acceptors (Lipinski definition) is 4. The van der Waals surface area contributed by atoms with E-state index in [1.165, 1.54) is 0 Å². The minimum absolute atomic E-state index is 0.151. The number of amides is 1. The van der Waals surface area contributed by atoms with E-state index in [9.17, 15) is 4.79 Å². The summed E-state index contributed by atoms with van der Waals surface area (Å²) in [6.45, 7) is 1.43. The first-order chi connectivity index (χ1) is 13.5. The summed E-state index contributed by atoms with van der Waals surface area (Å²) in [5.74, 6) is 0.708. The third-order valence-corrected chi connectivity index (χ3v) is 4.79. The molecule has 0 aliphatic heterocycles. The van der Waals surface area contributed by atoms with Crippen LogP contribution in [-0.2, 0) is 6.54 Å². The van der Waals surface area contributed by atoms with Crippen LogP contribution in [0.5, 0.6) is 0 Å². The smallest absolute Gasteiger partial charge is 0.257 e. The average Bonchev–Trinajstić information content (AvgIpc) is 3.20. The molecule has 1 atom stereocenters. The lowest BCUT2D eigenvalue weighted by Gasteiger charge is -2.22. The molecule has 0 spiro atoms. The van der Waals surface area contributed by atoms with Crippen LogP contribution in [0.25, 0.3) is 0 Å². The van der Waals surface area contributed by atoms with E-state index < -0.39 is 0 Å². The molecule has 1 amide bonds. The van der Waals surface area contributed by atoms with Gasteiger partial charge in [-0.15, -0.1) is 0 Å². The lowest BCUT2D eigenvalue weighted by Crippen LogP contribution is -2.30. The van der Waals surface area contributed by atoms with Gasteiger partial charge in [-0.3, -0.25) is 9.69 Å². The maximum absolute atomic E-state index is 12.4. The van der Waals surface area contributed by atoms with Gasteiger partial charge < -0.3 is 15.1 Å². The highest BCUT2D eigenvalue weighted by atomic mass is 35.5. The molecule has 28 heavy (non-hydrogen) atoms. The van der Waals surface area contributed by atoms with Crippen LogP contribution >= 0.6 is 11.6 Å². The Kier molecular flexibility index (Phi) is 6.87.